The van der Waals surface area contributed by atoms with Crippen molar-refractivity contribution in [2.45, 2.75) is 112 Å². The molecule has 45 heavy (non-hydrogen) atoms. The first-order valence-electron chi connectivity index (χ1n) is 15.2. The minimum atomic E-state index is -4.78. The Hall–Kier alpha value is -3.93. The summed E-state index contributed by atoms with van der Waals surface area (Å²) < 4.78 is 60.0. The summed E-state index contributed by atoms with van der Waals surface area (Å²) in [5, 5.41) is 13.5. The van der Waals surface area contributed by atoms with E-state index >= 15 is 0 Å². The zero-order chi connectivity index (χ0) is 33.8. The molecule has 2 aromatic heterocycles. The average molecular weight is 634 g/mol. The molecule has 0 saturated heterocycles. The van der Waals surface area contributed by atoms with Gasteiger partial charge in [-0.05, 0) is 59.1 Å². The Morgan fingerprint density at radius 2 is 1.73 bits per heavy atom. The van der Waals surface area contributed by atoms with E-state index in [9.17, 15) is 18.0 Å². The van der Waals surface area contributed by atoms with Gasteiger partial charge in [-0.15, -0.1) is 10.2 Å². The Morgan fingerprint density at radius 3 is 2.36 bits per heavy atom. The van der Waals surface area contributed by atoms with Gasteiger partial charge in [-0.3, -0.25) is 5.32 Å². The molecule has 3 heterocycles. The van der Waals surface area contributed by atoms with Crippen molar-refractivity contribution in [1.29, 1.82) is 0 Å². The van der Waals surface area contributed by atoms with Crippen LogP contribution in [0.3, 0.4) is 0 Å². The van der Waals surface area contributed by atoms with Gasteiger partial charge in [-0.2, -0.15) is 13.2 Å². The summed E-state index contributed by atoms with van der Waals surface area (Å²) in [6, 6.07) is 10.4. The van der Waals surface area contributed by atoms with Crippen molar-refractivity contribution in [2.75, 3.05) is 10.6 Å². The van der Waals surface area contributed by atoms with Gasteiger partial charge in [0.05, 0.1) is 17.9 Å². The minimum absolute atomic E-state index is 0.123. The molecule has 3 aromatic rings. The summed E-state index contributed by atoms with van der Waals surface area (Å²) >= 11 is 0. The summed E-state index contributed by atoms with van der Waals surface area (Å²) in [5.74, 6) is -0.489. The number of fused-ring (bicyclic) bond motifs is 5. The van der Waals surface area contributed by atoms with Gasteiger partial charge in [0, 0.05) is 12.0 Å². The zero-order valence-corrected chi connectivity index (χ0v) is 27.6. The molecule has 9 nitrogen and oxygen atoms in total. The van der Waals surface area contributed by atoms with Gasteiger partial charge in [0.1, 0.15) is 17.5 Å². The van der Waals surface area contributed by atoms with Crippen LogP contribution in [0.15, 0.2) is 53.0 Å². The van der Waals surface area contributed by atoms with E-state index in [1.807, 2.05) is 70.2 Å². The summed E-state index contributed by atoms with van der Waals surface area (Å²) in [5.41, 5.74) is -2.21. The van der Waals surface area contributed by atoms with Gasteiger partial charge >= 0.3 is 12.3 Å². The quantitative estimate of drug-likeness (QED) is 0.273. The SMILES string of the molecule is CC.CC.CC1(C)CC/C=C/CC(OCc2ccccc2)c2nnc(o2)-c2nc(c(C(F)(F)F)cc2NC(=O)OC(C)(C)C)N1. The average Bonchev–Trinajstić information content (AvgIpc) is 3.45. The third-order valence-corrected chi connectivity index (χ3v) is 6.09. The van der Waals surface area contributed by atoms with Gasteiger partial charge in [-0.1, -0.05) is 70.2 Å². The normalized spacial score (nSPS) is 16.8. The molecule has 1 aromatic carbocycles. The Bertz CT molecular complexity index is 1380. The predicted octanol–water partition coefficient (Wildman–Crippen LogP) is 9.74. The van der Waals surface area contributed by atoms with E-state index in [2.05, 4.69) is 25.8 Å². The Kier molecular flexibility index (Phi) is 13.6. The van der Waals surface area contributed by atoms with E-state index in [1.165, 1.54) is 0 Å². The molecule has 0 spiro atoms. The highest BCUT2D eigenvalue weighted by atomic mass is 19.4. The Morgan fingerprint density at radius 1 is 1.07 bits per heavy atom. The molecule has 12 heteroatoms. The van der Waals surface area contributed by atoms with Crippen LogP contribution < -0.4 is 10.6 Å². The summed E-state index contributed by atoms with van der Waals surface area (Å²) in [6.07, 6.45) is -0.960. The van der Waals surface area contributed by atoms with E-state index < -0.39 is 40.9 Å². The van der Waals surface area contributed by atoms with E-state index in [4.69, 9.17) is 13.9 Å². The number of aromatic nitrogens is 3. The second-order valence-electron chi connectivity index (χ2n) is 11.4. The predicted molar refractivity (Wildman–Crippen MR) is 170 cm³/mol. The molecule has 0 radical (unpaired) electrons. The number of nitrogens with zero attached hydrogens (tertiary/aromatic N) is 3. The molecule has 0 aliphatic carbocycles. The van der Waals surface area contributed by atoms with Gasteiger partial charge in [0.15, 0.2) is 5.69 Å². The molecular weight excluding hydrogens is 587 g/mol. The highest BCUT2D eigenvalue weighted by Gasteiger charge is 2.38. The van der Waals surface area contributed by atoms with Crippen molar-refractivity contribution in [3.05, 3.63) is 65.6 Å². The van der Waals surface area contributed by atoms with Crippen molar-refractivity contribution in [1.82, 2.24) is 15.2 Å². The van der Waals surface area contributed by atoms with Gasteiger partial charge in [0.2, 0.25) is 5.89 Å². The Labute approximate surface area is 264 Å². The fraction of sp³-hybridized carbons (Fsp3) is 0.515. The molecule has 1 aliphatic rings. The Balaban J connectivity index is 0.00000169. The minimum Gasteiger partial charge on any atom is -0.444 e. The third kappa shape index (κ3) is 11.5. The number of amides is 1. The molecule has 0 fully saturated rings. The van der Waals surface area contributed by atoms with Gasteiger partial charge < -0.3 is 19.2 Å². The molecule has 1 amide bonds. The lowest BCUT2D eigenvalue weighted by Crippen LogP contribution is -2.33. The summed E-state index contributed by atoms with van der Waals surface area (Å²) in [6.45, 7) is 16.8. The number of alkyl halides is 3. The van der Waals surface area contributed by atoms with Crippen LogP contribution in [-0.2, 0) is 22.3 Å². The first-order valence-corrected chi connectivity index (χ1v) is 15.2. The summed E-state index contributed by atoms with van der Waals surface area (Å²) in [7, 11) is 0. The smallest absolute Gasteiger partial charge is 0.420 e. The highest BCUT2D eigenvalue weighted by molar-refractivity contribution is 5.90. The van der Waals surface area contributed by atoms with Crippen molar-refractivity contribution < 1.29 is 31.9 Å². The lowest BCUT2D eigenvalue weighted by Gasteiger charge is -2.29. The van der Waals surface area contributed by atoms with Crippen LogP contribution in [0.4, 0.5) is 29.5 Å². The first-order chi connectivity index (χ1) is 21.2. The number of benzene rings is 1. The van der Waals surface area contributed by atoms with Gasteiger partial charge in [-0.25, -0.2) is 9.78 Å². The molecule has 0 saturated carbocycles. The maximum absolute atomic E-state index is 14.2. The zero-order valence-electron chi connectivity index (χ0n) is 27.6. The molecule has 2 N–H and O–H groups in total. The fourth-order valence-electron chi connectivity index (χ4n) is 4.13. The lowest BCUT2D eigenvalue weighted by molar-refractivity contribution is -0.137. The summed E-state index contributed by atoms with van der Waals surface area (Å²) in [4.78, 5) is 16.9. The number of carbonyl (C=O) groups is 1. The van der Waals surface area contributed by atoms with E-state index in [0.717, 1.165) is 11.6 Å². The second kappa shape index (κ2) is 16.4. The number of nitrogens with one attached hydrogen (secondary N) is 2. The number of carbonyl (C=O) groups excluding carboxylic acids is 1. The molecule has 248 valence electrons. The van der Waals surface area contributed by atoms with Crippen LogP contribution in [0.2, 0.25) is 0 Å². The standard InChI is InChI=1S/C29H34F3N5O4.2C2H6/c1-27(2,3)41-26(38)33-20-16-19(29(30,31)32)23-34-22(20)25-37-36-24(40-25)21(39-17-18-12-8-6-9-13-18)14-10-7-11-15-28(4,5)35-23;2*1-2/h6-10,12-13,16,21H,11,14-15,17H2,1-5H3,(H,33,38)(H,34,35);2*1-2H3/b10-7+;;. The molecule has 1 aliphatic heterocycles. The molecule has 4 bridgehead atoms. The van der Waals surface area contributed by atoms with E-state index in [0.29, 0.717) is 19.3 Å². The first kappa shape index (κ1) is 37.3. The number of hydrogen-bond donors (Lipinski definition) is 2. The number of pyridine rings is 1. The van der Waals surface area contributed by atoms with Crippen molar-refractivity contribution in [3.63, 3.8) is 0 Å². The number of allylic oxidation sites excluding steroid dienone is 1. The number of rotatable bonds is 4. The lowest BCUT2D eigenvalue weighted by atomic mass is 9.97. The number of halogens is 3. The largest absolute Gasteiger partial charge is 0.444 e. The van der Waals surface area contributed by atoms with Crippen LogP contribution in [0.5, 0.6) is 0 Å². The van der Waals surface area contributed by atoms with Crippen LogP contribution in [0.25, 0.3) is 11.6 Å². The van der Waals surface area contributed by atoms with Crippen LogP contribution in [-0.4, -0.2) is 32.4 Å². The number of hydrogen-bond acceptors (Lipinski definition) is 8. The molecule has 1 atom stereocenters. The van der Waals surface area contributed by atoms with Crippen LogP contribution in [0, 0.1) is 0 Å². The third-order valence-electron chi connectivity index (χ3n) is 6.09. The molecule has 1 unspecified atom stereocenters. The maximum atomic E-state index is 14.2. The fourth-order valence-corrected chi connectivity index (χ4v) is 4.13. The highest BCUT2D eigenvalue weighted by Crippen LogP contribution is 2.41. The molecule has 4 rings (SSSR count). The van der Waals surface area contributed by atoms with Crippen molar-refractivity contribution in [2.24, 2.45) is 0 Å². The van der Waals surface area contributed by atoms with Crippen LogP contribution in [0.1, 0.15) is 105 Å². The van der Waals surface area contributed by atoms with Crippen LogP contribution >= 0.6 is 0 Å². The second-order valence-corrected chi connectivity index (χ2v) is 11.4. The van der Waals surface area contributed by atoms with Gasteiger partial charge in [0.25, 0.3) is 5.89 Å². The molecular formula is C33H46F3N5O4. The topological polar surface area (TPSA) is 111 Å². The monoisotopic (exact) mass is 633 g/mol. The number of ether oxygens (including phenoxy) is 2. The van der Waals surface area contributed by atoms with Crippen molar-refractivity contribution >= 4 is 17.6 Å². The maximum Gasteiger partial charge on any atom is 0.420 e. The van der Waals surface area contributed by atoms with Crippen molar-refractivity contribution in [3.8, 4) is 11.6 Å². The van der Waals surface area contributed by atoms with E-state index in [1.54, 1.807) is 34.6 Å². The number of anilines is 2. The van der Waals surface area contributed by atoms with E-state index in [-0.39, 0.29) is 29.8 Å².